The van der Waals surface area contributed by atoms with E-state index in [2.05, 4.69) is 15.2 Å². The van der Waals surface area contributed by atoms with Gasteiger partial charge in [-0.3, -0.25) is 9.69 Å². The highest BCUT2D eigenvalue weighted by Gasteiger charge is 2.36. The monoisotopic (exact) mass is 283 g/mol. The van der Waals surface area contributed by atoms with E-state index >= 15 is 0 Å². The SMILES string of the molecule is O=c1[nH]c2ccccc2cc1CNC1CCN2CCCC12. The first-order valence-corrected chi connectivity index (χ1v) is 7.90. The molecule has 4 rings (SSSR count). The second-order valence-electron chi connectivity index (χ2n) is 6.23. The average molecular weight is 283 g/mol. The Kier molecular flexibility index (Phi) is 3.28. The Balaban J connectivity index is 1.52. The average Bonchev–Trinajstić information content (AvgIpc) is 3.09. The summed E-state index contributed by atoms with van der Waals surface area (Å²) >= 11 is 0. The van der Waals surface area contributed by atoms with Gasteiger partial charge in [-0.25, -0.2) is 0 Å². The number of benzene rings is 1. The normalized spacial score (nSPS) is 25.5. The van der Waals surface area contributed by atoms with Crippen molar-refractivity contribution in [2.24, 2.45) is 0 Å². The zero-order valence-corrected chi connectivity index (χ0v) is 12.1. The first-order chi connectivity index (χ1) is 10.3. The van der Waals surface area contributed by atoms with Crippen molar-refractivity contribution in [3.8, 4) is 0 Å². The number of pyridine rings is 1. The van der Waals surface area contributed by atoms with Crippen LogP contribution in [0.4, 0.5) is 0 Å². The number of para-hydroxylation sites is 1. The maximum Gasteiger partial charge on any atom is 0.252 e. The molecule has 4 heteroatoms. The lowest BCUT2D eigenvalue weighted by Gasteiger charge is -2.21. The molecule has 0 aliphatic carbocycles. The van der Waals surface area contributed by atoms with Crippen LogP contribution in [-0.4, -0.2) is 35.1 Å². The number of H-pyrrole nitrogens is 1. The van der Waals surface area contributed by atoms with Gasteiger partial charge in [0.25, 0.3) is 5.56 Å². The standard InChI is InChI=1S/C17H21N3O/c21-17-13(10-12-4-1-2-5-14(12)19-17)11-18-15-7-9-20-8-3-6-16(15)20/h1-2,4-5,10,15-16,18H,3,6-9,11H2,(H,19,21). The molecule has 2 aromatic rings. The number of aromatic nitrogens is 1. The molecule has 0 amide bonds. The van der Waals surface area contributed by atoms with Crippen LogP contribution in [0.5, 0.6) is 0 Å². The van der Waals surface area contributed by atoms with E-state index in [-0.39, 0.29) is 5.56 Å². The maximum absolute atomic E-state index is 12.2. The largest absolute Gasteiger partial charge is 0.322 e. The number of nitrogens with one attached hydrogen (secondary N) is 2. The summed E-state index contributed by atoms with van der Waals surface area (Å²) in [5.74, 6) is 0. The second kappa shape index (κ2) is 5.28. The molecule has 0 saturated carbocycles. The molecule has 2 fully saturated rings. The highest BCUT2D eigenvalue weighted by atomic mass is 16.1. The van der Waals surface area contributed by atoms with Crippen molar-refractivity contribution >= 4 is 10.9 Å². The summed E-state index contributed by atoms with van der Waals surface area (Å²) in [5.41, 5.74) is 1.78. The van der Waals surface area contributed by atoms with Crippen LogP contribution in [0, 0.1) is 0 Å². The third-order valence-corrected chi connectivity index (χ3v) is 4.99. The summed E-state index contributed by atoms with van der Waals surface area (Å²) in [6.07, 6.45) is 3.82. The molecule has 2 aliphatic heterocycles. The van der Waals surface area contributed by atoms with Gasteiger partial charge in [0.05, 0.1) is 0 Å². The molecule has 1 aromatic carbocycles. The number of fused-ring (bicyclic) bond motifs is 2. The van der Waals surface area contributed by atoms with Gasteiger partial charge in [-0.1, -0.05) is 18.2 Å². The number of aromatic amines is 1. The third-order valence-electron chi connectivity index (χ3n) is 4.99. The quantitative estimate of drug-likeness (QED) is 0.904. The van der Waals surface area contributed by atoms with Gasteiger partial charge in [-0.15, -0.1) is 0 Å². The Bertz CT molecular complexity index is 708. The Morgan fingerprint density at radius 2 is 2.14 bits per heavy atom. The molecule has 0 radical (unpaired) electrons. The Morgan fingerprint density at radius 3 is 3.10 bits per heavy atom. The van der Waals surface area contributed by atoms with E-state index in [1.54, 1.807) is 0 Å². The molecule has 2 saturated heterocycles. The molecule has 2 atom stereocenters. The lowest BCUT2D eigenvalue weighted by atomic mass is 10.1. The van der Waals surface area contributed by atoms with E-state index in [4.69, 9.17) is 0 Å². The number of rotatable bonds is 3. The van der Waals surface area contributed by atoms with Crippen LogP contribution in [0.15, 0.2) is 35.1 Å². The Labute approximate surface area is 124 Å². The van der Waals surface area contributed by atoms with Gasteiger partial charge in [0, 0.05) is 36.3 Å². The van der Waals surface area contributed by atoms with Crippen LogP contribution in [-0.2, 0) is 6.54 Å². The van der Waals surface area contributed by atoms with Gasteiger partial charge in [0.1, 0.15) is 0 Å². The fraction of sp³-hybridized carbons (Fsp3) is 0.471. The lowest BCUT2D eigenvalue weighted by Crippen LogP contribution is -2.39. The van der Waals surface area contributed by atoms with Gasteiger partial charge in [0.15, 0.2) is 0 Å². The van der Waals surface area contributed by atoms with Crippen LogP contribution in [0.2, 0.25) is 0 Å². The first-order valence-electron chi connectivity index (χ1n) is 7.90. The molecule has 1 aromatic heterocycles. The minimum absolute atomic E-state index is 0.0301. The van der Waals surface area contributed by atoms with Gasteiger partial charge in [0.2, 0.25) is 0 Å². The van der Waals surface area contributed by atoms with Crippen molar-refractivity contribution in [2.75, 3.05) is 13.1 Å². The smallest absolute Gasteiger partial charge is 0.252 e. The van der Waals surface area contributed by atoms with Crippen LogP contribution < -0.4 is 10.9 Å². The van der Waals surface area contributed by atoms with E-state index in [0.717, 1.165) is 16.5 Å². The van der Waals surface area contributed by atoms with Crippen molar-refractivity contribution in [3.05, 3.63) is 46.2 Å². The zero-order valence-electron chi connectivity index (χ0n) is 12.1. The van der Waals surface area contributed by atoms with Crippen LogP contribution in [0.3, 0.4) is 0 Å². The van der Waals surface area contributed by atoms with E-state index in [9.17, 15) is 4.79 Å². The zero-order chi connectivity index (χ0) is 14.2. The van der Waals surface area contributed by atoms with Crippen LogP contribution >= 0.6 is 0 Å². The molecule has 21 heavy (non-hydrogen) atoms. The molecule has 2 unspecified atom stereocenters. The van der Waals surface area contributed by atoms with Gasteiger partial charge in [-0.2, -0.15) is 0 Å². The molecule has 2 aliphatic rings. The van der Waals surface area contributed by atoms with E-state index in [0.29, 0.717) is 18.6 Å². The van der Waals surface area contributed by atoms with Crippen molar-refractivity contribution in [2.45, 2.75) is 37.9 Å². The molecular formula is C17H21N3O. The minimum atomic E-state index is 0.0301. The van der Waals surface area contributed by atoms with Crippen molar-refractivity contribution < 1.29 is 0 Å². The second-order valence-corrected chi connectivity index (χ2v) is 6.23. The summed E-state index contributed by atoms with van der Waals surface area (Å²) in [6.45, 7) is 3.12. The highest BCUT2D eigenvalue weighted by molar-refractivity contribution is 5.78. The highest BCUT2D eigenvalue weighted by Crippen LogP contribution is 2.28. The van der Waals surface area contributed by atoms with Gasteiger partial charge in [-0.05, 0) is 43.3 Å². The third kappa shape index (κ3) is 2.39. The fourth-order valence-electron chi connectivity index (χ4n) is 3.89. The predicted molar refractivity (Wildman–Crippen MR) is 84.4 cm³/mol. The topological polar surface area (TPSA) is 48.1 Å². The molecule has 0 spiro atoms. The minimum Gasteiger partial charge on any atom is -0.322 e. The number of hydrogen-bond acceptors (Lipinski definition) is 3. The summed E-state index contributed by atoms with van der Waals surface area (Å²) in [4.78, 5) is 17.7. The molecule has 2 N–H and O–H groups in total. The van der Waals surface area contributed by atoms with E-state index < -0.39 is 0 Å². The number of hydrogen-bond donors (Lipinski definition) is 2. The lowest BCUT2D eigenvalue weighted by molar-refractivity contribution is 0.298. The maximum atomic E-state index is 12.2. The molecule has 110 valence electrons. The summed E-state index contributed by atoms with van der Waals surface area (Å²) < 4.78 is 0. The van der Waals surface area contributed by atoms with Crippen LogP contribution in [0.25, 0.3) is 10.9 Å². The fourth-order valence-corrected chi connectivity index (χ4v) is 3.89. The van der Waals surface area contributed by atoms with Crippen molar-refractivity contribution in [1.29, 1.82) is 0 Å². The summed E-state index contributed by atoms with van der Waals surface area (Å²) in [6, 6.07) is 11.2. The van der Waals surface area contributed by atoms with E-state index in [1.807, 2.05) is 30.3 Å². The summed E-state index contributed by atoms with van der Waals surface area (Å²) in [5, 5.41) is 4.71. The van der Waals surface area contributed by atoms with Crippen molar-refractivity contribution in [3.63, 3.8) is 0 Å². The van der Waals surface area contributed by atoms with Crippen molar-refractivity contribution in [1.82, 2.24) is 15.2 Å². The number of nitrogens with zero attached hydrogens (tertiary/aromatic N) is 1. The molecule has 3 heterocycles. The first kappa shape index (κ1) is 13.0. The Morgan fingerprint density at radius 1 is 1.24 bits per heavy atom. The Hall–Kier alpha value is -1.65. The molecule has 0 bridgehead atoms. The molecule has 4 nitrogen and oxygen atoms in total. The molecular weight excluding hydrogens is 262 g/mol. The summed E-state index contributed by atoms with van der Waals surface area (Å²) in [7, 11) is 0. The van der Waals surface area contributed by atoms with Crippen LogP contribution in [0.1, 0.15) is 24.8 Å². The van der Waals surface area contributed by atoms with E-state index in [1.165, 1.54) is 32.4 Å². The predicted octanol–water partition coefficient (Wildman–Crippen LogP) is 1.85. The van der Waals surface area contributed by atoms with Gasteiger partial charge < -0.3 is 10.3 Å². The van der Waals surface area contributed by atoms with Gasteiger partial charge >= 0.3 is 0 Å².